The Morgan fingerprint density at radius 1 is 1.35 bits per heavy atom. The number of benzene rings is 1. The number of anilines is 2. The van der Waals surface area contributed by atoms with Gasteiger partial charge in [-0.2, -0.15) is 0 Å². The average Bonchev–Trinajstić information content (AvgIpc) is 2.36. The second-order valence-electron chi connectivity index (χ2n) is 4.10. The van der Waals surface area contributed by atoms with E-state index >= 15 is 0 Å². The topological polar surface area (TPSA) is 85.1 Å². The van der Waals surface area contributed by atoms with E-state index in [1.807, 2.05) is 0 Å². The number of nitrogens with two attached hydrogens (primary N) is 1. The largest absolute Gasteiger partial charge is 0.399 e. The molecular weight excluding hydrogens is 305 g/mol. The Bertz CT molecular complexity index is 748. The van der Waals surface area contributed by atoms with E-state index in [0.717, 1.165) is 6.07 Å². The van der Waals surface area contributed by atoms with Gasteiger partial charge in [0.15, 0.2) is 0 Å². The van der Waals surface area contributed by atoms with Crippen LogP contribution in [0, 0.1) is 12.7 Å². The summed E-state index contributed by atoms with van der Waals surface area (Å²) in [5.41, 5.74) is 5.72. The fourth-order valence-corrected chi connectivity index (χ4v) is 3.04. The molecule has 0 unspecified atom stereocenters. The van der Waals surface area contributed by atoms with Crippen molar-refractivity contribution in [2.75, 3.05) is 10.5 Å². The van der Waals surface area contributed by atoms with Gasteiger partial charge in [0, 0.05) is 11.3 Å². The van der Waals surface area contributed by atoms with E-state index < -0.39 is 15.8 Å². The molecule has 8 heteroatoms. The number of nitrogen functional groups attached to an aromatic ring is 1. The van der Waals surface area contributed by atoms with E-state index in [0.29, 0.717) is 0 Å². The van der Waals surface area contributed by atoms with Crippen molar-refractivity contribution in [2.45, 2.75) is 11.8 Å². The highest BCUT2D eigenvalue weighted by atomic mass is 35.5. The second-order valence-corrected chi connectivity index (χ2v) is 6.14. The predicted octanol–water partition coefficient (Wildman–Crippen LogP) is 2.57. The molecule has 0 saturated heterocycles. The van der Waals surface area contributed by atoms with Gasteiger partial charge in [0.05, 0.1) is 16.8 Å². The summed E-state index contributed by atoms with van der Waals surface area (Å²) >= 11 is 5.61. The zero-order chi connectivity index (χ0) is 14.9. The molecule has 0 fully saturated rings. The minimum absolute atomic E-state index is 0.00590. The molecule has 2 aromatic rings. The van der Waals surface area contributed by atoms with Gasteiger partial charge in [0.25, 0.3) is 10.0 Å². The Morgan fingerprint density at radius 2 is 2.05 bits per heavy atom. The quantitative estimate of drug-likeness (QED) is 0.673. The first-order chi connectivity index (χ1) is 9.29. The summed E-state index contributed by atoms with van der Waals surface area (Å²) in [5, 5.41) is 0.235. The fraction of sp³-hybridized carbons (Fsp3) is 0.0833. The van der Waals surface area contributed by atoms with Crippen molar-refractivity contribution in [2.24, 2.45) is 0 Å². The molecule has 20 heavy (non-hydrogen) atoms. The summed E-state index contributed by atoms with van der Waals surface area (Å²) in [6.07, 6.45) is 1.26. The first-order valence-electron chi connectivity index (χ1n) is 5.49. The summed E-state index contributed by atoms with van der Waals surface area (Å²) < 4.78 is 40.3. The summed E-state index contributed by atoms with van der Waals surface area (Å²) in [5.74, 6) is -0.681. The van der Waals surface area contributed by atoms with Crippen LogP contribution in [0.15, 0.2) is 35.4 Å². The van der Waals surface area contributed by atoms with Crippen LogP contribution in [0.5, 0.6) is 0 Å². The summed E-state index contributed by atoms with van der Waals surface area (Å²) in [7, 11) is -3.95. The third kappa shape index (κ3) is 3.00. The molecule has 1 aromatic carbocycles. The first-order valence-corrected chi connectivity index (χ1v) is 7.36. The fourth-order valence-electron chi connectivity index (χ4n) is 1.60. The minimum atomic E-state index is -3.95. The summed E-state index contributed by atoms with van der Waals surface area (Å²) in [6.45, 7) is 1.36. The molecule has 0 aliphatic rings. The van der Waals surface area contributed by atoms with Crippen molar-refractivity contribution < 1.29 is 12.8 Å². The van der Waals surface area contributed by atoms with E-state index in [9.17, 15) is 12.8 Å². The van der Waals surface area contributed by atoms with Gasteiger partial charge >= 0.3 is 0 Å². The van der Waals surface area contributed by atoms with E-state index in [-0.39, 0.29) is 27.0 Å². The van der Waals surface area contributed by atoms with Gasteiger partial charge in [0.1, 0.15) is 11.0 Å². The molecule has 106 valence electrons. The zero-order valence-corrected chi connectivity index (χ0v) is 12.0. The molecule has 2 rings (SSSR count). The Hall–Kier alpha value is -1.86. The maximum Gasteiger partial charge on any atom is 0.262 e. The number of halogens is 2. The van der Waals surface area contributed by atoms with Crippen molar-refractivity contribution in [1.29, 1.82) is 0 Å². The molecular formula is C12H11ClFN3O2S. The van der Waals surface area contributed by atoms with Crippen molar-refractivity contribution in [3.05, 3.63) is 47.0 Å². The number of hydrogen-bond acceptors (Lipinski definition) is 4. The Kier molecular flexibility index (Phi) is 3.82. The number of nitrogens with zero attached hydrogens (tertiary/aromatic N) is 1. The molecule has 1 aromatic heterocycles. The molecule has 0 bridgehead atoms. The highest BCUT2D eigenvalue weighted by Gasteiger charge is 2.20. The van der Waals surface area contributed by atoms with Crippen molar-refractivity contribution in [3.63, 3.8) is 0 Å². The molecule has 0 radical (unpaired) electrons. The van der Waals surface area contributed by atoms with E-state index in [4.69, 9.17) is 17.3 Å². The van der Waals surface area contributed by atoms with E-state index in [2.05, 4.69) is 9.71 Å². The maximum atomic E-state index is 13.6. The smallest absolute Gasteiger partial charge is 0.262 e. The lowest BCUT2D eigenvalue weighted by atomic mass is 10.2. The zero-order valence-electron chi connectivity index (χ0n) is 10.4. The van der Waals surface area contributed by atoms with E-state index in [1.54, 1.807) is 0 Å². The lowest BCUT2D eigenvalue weighted by molar-refractivity contribution is 0.591. The number of nitrogens with one attached hydrogen (secondary N) is 1. The molecule has 5 nitrogen and oxygen atoms in total. The Balaban J connectivity index is 2.43. The van der Waals surface area contributed by atoms with Gasteiger partial charge in [0.2, 0.25) is 0 Å². The molecule has 0 spiro atoms. The van der Waals surface area contributed by atoms with Crippen molar-refractivity contribution in [3.8, 4) is 0 Å². The van der Waals surface area contributed by atoms with Crippen molar-refractivity contribution >= 4 is 33.0 Å². The maximum absolute atomic E-state index is 13.6. The van der Waals surface area contributed by atoms with Crippen molar-refractivity contribution in [1.82, 2.24) is 4.98 Å². The molecule has 0 aliphatic heterocycles. The van der Waals surface area contributed by atoms with Gasteiger partial charge in [-0.3, -0.25) is 4.72 Å². The number of sulfonamides is 1. The number of rotatable bonds is 3. The highest BCUT2D eigenvalue weighted by molar-refractivity contribution is 7.92. The lowest BCUT2D eigenvalue weighted by Crippen LogP contribution is -2.15. The van der Waals surface area contributed by atoms with Crippen LogP contribution in [0.4, 0.5) is 15.8 Å². The average molecular weight is 316 g/mol. The van der Waals surface area contributed by atoms with Crippen LogP contribution in [0.3, 0.4) is 0 Å². The van der Waals surface area contributed by atoms with Gasteiger partial charge in [-0.05, 0) is 31.2 Å². The SMILES string of the molecule is Cc1c(F)cc(N)cc1S(=O)(=O)Nc1ccc(Cl)nc1. The molecule has 0 aliphatic carbocycles. The third-order valence-corrected chi connectivity index (χ3v) is 4.32. The number of aromatic nitrogens is 1. The predicted molar refractivity (Wildman–Crippen MR) is 75.6 cm³/mol. The molecule has 0 amide bonds. The number of pyridine rings is 1. The van der Waals surface area contributed by atoms with Gasteiger partial charge in [-0.15, -0.1) is 0 Å². The van der Waals surface area contributed by atoms with Crippen LogP contribution in [0.25, 0.3) is 0 Å². The van der Waals surface area contributed by atoms with Gasteiger partial charge in [-0.25, -0.2) is 17.8 Å². The molecule has 0 saturated carbocycles. The van der Waals surface area contributed by atoms with Crippen LogP contribution in [0.2, 0.25) is 5.15 Å². The van der Waals surface area contributed by atoms with Crippen LogP contribution in [0.1, 0.15) is 5.56 Å². The molecule has 1 heterocycles. The second kappa shape index (κ2) is 5.26. The first kappa shape index (κ1) is 14.5. The summed E-state index contributed by atoms with van der Waals surface area (Å²) in [4.78, 5) is 3.54. The Morgan fingerprint density at radius 3 is 2.65 bits per heavy atom. The van der Waals surface area contributed by atoms with Crippen LogP contribution < -0.4 is 10.5 Å². The van der Waals surface area contributed by atoms with Crippen LogP contribution >= 0.6 is 11.6 Å². The minimum Gasteiger partial charge on any atom is -0.399 e. The van der Waals surface area contributed by atoms with Crippen LogP contribution in [-0.4, -0.2) is 13.4 Å². The summed E-state index contributed by atoms with van der Waals surface area (Å²) in [6, 6.07) is 5.15. The van der Waals surface area contributed by atoms with Crippen LogP contribution in [-0.2, 0) is 10.0 Å². The molecule has 3 N–H and O–H groups in total. The van der Waals surface area contributed by atoms with E-state index in [1.165, 1.54) is 31.3 Å². The standard InChI is InChI=1S/C12H11ClFN3O2S/c1-7-10(14)4-8(15)5-11(7)20(18,19)17-9-2-3-12(13)16-6-9/h2-6,17H,15H2,1H3. The third-order valence-electron chi connectivity index (χ3n) is 2.59. The Labute approximate surface area is 120 Å². The number of hydrogen-bond donors (Lipinski definition) is 2. The highest BCUT2D eigenvalue weighted by Crippen LogP contribution is 2.24. The van der Waals surface area contributed by atoms with Gasteiger partial charge in [-0.1, -0.05) is 11.6 Å². The lowest BCUT2D eigenvalue weighted by Gasteiger charge is -2.11. The monoisotopic (exact) mass is 315 g/mol. The molecule has 0 atom stereocenters. The normalized spacial score (nSPS) is 11.3. The van der Waals surface area contributed by atoms with Gasteiger partial charge < -0.3 is 5.73 Å².